The molecule has 1 aromatic heterocycles. The number of anilines is 1. The molecule has 1 heterocycles. The van der Waals surface area contributed by atoms with Gasteiger partial charge in [-0.3, -0.25) is 4.31 Å². The van der Waals surface area contributed by atoms with Crippen molar-refractivity contribution in [3.8, 4) is 6.07 Å². The largest absolute Gasteiger partial charge is 0.265 e. The first-order valence-electron chi connectivity index (χ1n) is 5.88. The van der Waals surface area contributed by atoms with Crippen molar-refractivity contribution in [2.24, 2.45) is 0 Å². The summed E-state index contributed by atoms with van der Waals surface area (Å²) in [7, 11) is -2.28. The molecule has 0 N–H and O–H groups in total. The van der Waals surface area contributed by atoms with Crippen LogP contribution in [0.25, 0.3) is 0 Å². The topological polar surface area (TPSA) is 74.1 Å². The molecule has 0 saturated carbocycles. The number of benzene rings is 1. The van der Waals surface area contributed by atoms with E-state index in [4.69, 9.17) is 5.26 Å². The summed E-state index contributed by atoms with van der Waals surface area (Å²) in [6.45, 7) is 1.79. The molecule has 2 aromatic rings. The summed E-state index contributed by atoms with van der Waals surface area (Å²) in [6.07, 6.45) is 0. The molecule has 0 bridgehead atoms. The van der Waals surface area contributed by atoms with Gasteiger partial charge in [-0.2, -0.15) is 5.26 Å². The maximum absolute atomic E-state index is 12.5. The molecule has 2 rings (SSSR count). The number of hydrogen-bond acceptors (Lipinski definition) is 4. The zero-order valence-electron chi connectivity index (χ0n) is 11.1. The van der Waals surface area contributed by atoms with Crippen molar-refractivity contribution in [2.45, 2.75) is 11.8 Å². The van der Waals surface area contributed by atoms with Crippen molar-refractivity contribution >= 4 is 15.8 Å². The second kappa shape index (κ2) is 5.31. The van der Waals surface area contributed by atoms with E-state index >= 15 is 0 Å². The quantitative estimate of drug-likeness (QED) is 0.866. The molecule has 0 spiro atoms. The number of rotatable bonds is 3. The van der Waals surface area contributed by atoms with Gasteiger partial charge in [0.2, 0.25) is 0 Å². The highest BCUT2D eigenvalue weighted by Gasteiger charge is 2.22. The summed E-state index contributed by atoms with van der Waals surface area (Å²) in [4.78, 5) is 4.26. The van der Waals surface area contributed by atoms with Crippen LogP contribution in [0.1, 0.15) is 11.3 Å². The van der Waals surface area contributed by atoms with E-state index < -0.39 is 10.0 Å². The van der Waals surface area contributed by atoms with Crippen LogP contribution < -0.4 is 4.31 Å². The van der Waals surface area contributed by atoms with Crippen LogP contribution in [0.4, 0.5) is 5.82 Å². The second-order valence-electron chi connectivity index (χ2n) is 4.25. The van der Waals surface area contributed by atoms with Crippen LogP contribution >= 0.6 is 0 Å². The van der Waals surface area contributed by atoms with Crippen molar-refractivity contribution in [1.29, 1.82) is 5.26 Å². The Hall–Kier alpha value is -2.39. The minimum atomic E-state index is -3.72. The van der Waals surface area contributed by atoms with Gasteiger partial charge in [0.25, 0.3) is 10.0 Å². The smallest absolute Gasteiger partial charge is 0.253 e. The van der Waals surface area contributed by atoms with Crippen molar-refractivity contribution in [2.75, 3.05) is 11.4 Å². The predicted molar refractivity (Wildman–Crippen MR) is 75.7 cm³/mol. The normalized spacial score (nSPS) is 10.8. The van der Waals surface area contributed by atoms with Gasteiger partial charge < -0.3 is 0 Å². The predicted octanol–water partition coefficient (Wildman–Crippen LogP) is 2.09. The Morgan fingerprint density at radius 3 is 2.55 bits per heavy atom. The molecular weight excluding hydrogens is 274 g/mol. The van der Waals surface area contributed by atoms with E-state index in [0.29, 0.717) is 11.4 Å². The van der Waals surface area contributed by atoms with E-state index in [0.717, 1.165) is 10.00 Å². The van der Waals surface area contributed by atoms with Gasteiger partial charge in [-0.15, -0.1) is 0 Å². The molecule has 0 aliphatic rings. The first-order chi connectivity index (χ1) is 9.45. The lowest BCUT2D eigenvalue weighted by Crippen LogP contribution is -2.27. The summed E-state index contributed by atoms with van der Waals surface area (Å²) in [6, 6.07) is 13.0. The van der Waals surface area contributed by atoms with Crippen LogP contribution in [0.5, 0.6) is 0 Å². The number of hydrogen-bond donors (Lipinski definition) is 0. The average Bonchev–Trinajstić information content (AvgIpc) is 2.46. The Morgan fingerprint density at radius 1 is 1.20 bits per heavy atom. The van der Waals surface area contributed by atoms with Gasteiger partial charge in [0.05, 0.1) is 16.5 Å². The van der Waals surface area contributed by atoms with Crippen LogP contribution in [0.3, 0.4) is 0 Å². The molecule has 0 fully saturated rings. The second-order valence-corrected chi connectivity index (χ2v) is 6.22. The highest BCUT2D eigenvalue weighted by molar-refractivity contribution is 7.92. The first-order valence-corrected chi connectivity index (χ1v) is 7.32. The lowest BCUT2D eigenvalue weighted by Gasteiger charge is -2.18. The molecule has 0 unspecified atom stereocenters. The molecule has 0 saturated heterocycles. The molecule has 5 nitrogen and oxygen atoms in total. The minimum Gasteiger partial charge on any atom is -0.253 e. The number of sulfonamides is 1. The maximum atomic E-state index is 12.5. The zero-order valence-corrected chi connectivity index (χ0v) is 11.9. The van der Waals surface area contributed by atoms with E-state index in [-0.39, 0.29) is 4.90 Å². The van der Waals surface area contributed by atoms with Crippen LogP contribution in [0.2, 0.25) is 0 Å². The Balaban J connectivity index is 2.47. The third-order valence-corrected chi connectivity index (χ3v) is 4.58. The Labute approximate surface area is 118 Å². The van der Waals surface area contributed by atoms with Crippen molar-refractivity contribution in [1.82, 2.24) is 4.98 Å². The van der Waals surface area contributed by atoms with E-state index in [1.165, 1.54) is 19.2 Å². The van der Waals surface area contributed by atoms with Gasteiger partial charge >= 0.3 is 0 Å². The SMILES string of the molecule is Cc1cccc(N(C)S(=O)(=O)c2cccc(C#N)c2)n1. The molecule has 0 aliphatic heterocycles. The Morgan fingerprint density at radius 2 is 1.90 bits per heavy atom. The summed E-state index contributed by atoms with van der Waals surface area (Å²) >= 11 is 0. The molecule has 0 aliphatic carbocycles. The average molecular weight is 287 g/mol. The number of nitriles is 1. The maximum Gasteiger partial charge on any atom is 0.265 e. The van der Waals surface area contributed by atoms with Crippen LogP contribution in [0, 0.1) is 18.3 Å². The van der Waals surface area contributed by atoms with Gasteiger partial charge in [0.15, 0.2) is 0 Å². The fraction of sp³-hybridized carbons (Fsp3) is 0.143. The molecule has 1 aromatic carbocycles. The Bertz CT molecular complexity index is 779. The monoisotopic (exact) mass is 287 g/mol. The van der Waals surface area contributed by atoms with Gasteiger partial charge in [0.1, 0.15) is 5.82 Å². The van der Waals surface area contributed by atoms with Gasteiger partial charge in [-0.25, -0.2) is 13.4 Å². The number of aromatic nitrogens is 1. The third kappa shape index (κ3) is 2.63. The summed E-state index contributed by atoms with van der Waals surface area (Å²) in [5.41, 5.74) is 1.03. The van der Waals surface area contributed by atoms with Gasteiger partial charge in [-0.05, 0) is 37.3 Å². The molecule has 0 radical (unpaired) electrons. The lowest BCUT2D eigenvalue weighted by atomic mass is 10.2. The molecule has 6 heteroatoms. The highest BCUT2D eigenvalue weighted by atomic mass is 32.2. The van der Waals surface area contributed by atoms with Crippen LogP contribution in [-0.4, -0.2) is 20.4 Å². The van der Waals surface area contributed by atoms with Crippen molar-refractivity contribution in [3.05, 3.63) is 53.7 Å². The number of nitrogens with zero attached hydrogens (tertiary/aromatic N) is 3. The third-order valence-electron chi connectivity index (χ3n) is 2.82. The lowest BCUT2D eigenvalue weighted by molar-refractivity contribution is 0.594. The zero-order chi connectivity index (χ0) is 14.8. The molecule has 102 valence electrons. The standard InChI is InChI=1S/C14H13N3O2S/c1-11-5-3-8-14(16-11)17(2)20(18,19)13-7-4-6-12(9-13)10-15/h3-9H,1-2H3. The molecular formula is C14H13N3O2S. The van der Waals surface area contributed by atoms with Crippen LogP contribution in [0.15, 0.2) is 47.4 Å². The van der Waals surface area contributed by atoms with Gasteiger partial charge in [-0.1, -0.05) is 12.1 Å². The van der Waals surface area contributed by atoms with E-state index in [1.807, 2.05) is 6.07 Å². The van der Waals surface area contributed by atoms with E-state index in [9.17, 15) is 8.42 Å². The minimum absolute atomic E-state index is 0.0716. The van der Waals surface area contributed by atoms with E-state index in [1.54, 1.807) is 37.3 Å². The van der Waals surface area contributed by atoms with Crippen molar-refractivity contribution < 1.29 is 8.42 Å². The number of aryl methyl sites for hydroxylation is 1. The fourth-order valence-corrected chi connectivity index (χ4v) is 2.90. The summed E-state index contributed by atoms with van der Waals surface area (Å²) in [5.74, 6) is 0.340. The first kappa shape index (κ1) is 14.0. The summed E-state index contributed by atoms with van der Waals surface area (Å²) < 4.78 is 26.1. The van der Waals surface area contributed by atoms with Gasteiger partial charge in [0, 0.05) is 12.7 Å². The highest BCUT2D eigenvalue weighted by Crippen LogP contribution is 2.21. The van der Waals surface area contributed by atoms with Crippen LogP contribution in [-0.2, 0) is 10.0 Å². The van der Waals surface area contributed by atoms with E-state index in [2.05, 4.69) is 4.98 Å². The fourth-order valence-electron chi connectivity index (χ4n) is 1.71. The Kier molecular flexibility index (Phi) is 3.72. The molecule has 0 amide bonds. The summed E-state index contributed by atoms with van der Waals surface area (Å²) in [5, 5.41) is 8.85. The number of pyridine rings is 1. The molecule has 0 atom stereocenters. The molecule has 20 heavy (non-hydrogen) atoms. The van der Waals surface area contributed by atoms with Crippen molar-refractivity contribution in [3.63, 3.8) is 0 Å².